The molecule has 0 unspecified atom stereocenters. The highest BCUT2D eigenvalue weighted by atomic mass is 19.1. The van der Waals surface area contributed by atoms with Crippen LogP contribution in [0.3, 0.4) is 0 Å². The van der Waals surface area contributed by atoms with Gasteiger partial charge in [0.15, 0.2) is 6.23 Å². The zero-order chi connectivity index (χ0) is 23.9. The number of para-hydroxylation sites is 1. The van der Waals surface area contributed by atoms with Crippen molar-refractivity contribution >= 4 is 10.9 Å². The first-order valence-electron chi connectivity index (χ1n) is 11.1. The number of aliphatic hydroxyl groups excluding tert-OH is 4. The zero-order valence-corrected chi connectivity index (χ0v) is 18.9. The molecule has 1 aromatic heterocycles. The lowest BCUT2D eigenvalue weighted by Gasteiger charge is -2.40. The van der Waals surface area contributed by atoms with Crippen LogP contribution in [0.25, 0.3) is 10.9 Å². The summed E-state index contributed by atoms with van der Waals surface area (Å²) in [6.45, 7) is 5.15. The summed E-state index contributed by atoms with van der Waals surface area (Å²) >= 11 is 0. The van der Waals surface area contributed by atoms with E-state index in [2.05, 4.69) is 0 Å². The van der Waals surface area contributed by atoms with Crippen LogP contribution in [-0.2, 0) is 11.2 Å². The van der Waals surface area contributed by atoms with Crippen LogP contribution < -0.4 is 4.74 Å². The van der Waals surface area contributed by atoms with Crippen molar-refractivity contribution in [2.45, 2.75) is 63.9 Å². The van der Waals surface area contributed by atoms with Gasteiger partial charge in [0.1, 0.15) is 36.0 Å². The van der Waals surface area contributed by atoms with Crippen molar-refractivity contribution in [1.29, 1.82) is 0 Å². The van der Waals surface area contributed by atoms with Gasteiger partial charge in [-0.2, -0.15) is 0 Å². The topological polar surface area (TPSA) is 104 Å². The molecule has 0 radical (unpaired) electrons. The molecule has 33 heavy (non-hydrogen) atoms. The molecule has 0 aliphatic carbocycles. The first-order chi connectivity index (χ1) is 15.7. The van der Waals surface area contributed by atoms with Crippen LogP contribution in [0.1, 0.15) is 36.8 Å². The molecule has 4 N–H and O–H groups in total. The molecular formula is C25H30FNO6. The van der Waals surface area contributed by atoms with Crippen LogP contribution in [0.5, 0.6) is 5.75 Å². The minimum atomic E-state index is -1.49. The summed E-state index contributed by atoms with van der Waals surface area (Å²) in [5, 5.41) is 41.5. The number of benzene rings is 2. The molecule has 5 atom stereocenters. The van der Waals surface area contributed by atoms with Crippen LogP contribution in [0.4, 0.5) is 4.39 Å². The second-order valence-electron chi connectivity index (χ2n) is 8.85. The van der Waals surface area contributed by atoms with E-state index in [-0.39, 0.29) is 18.3 Å². The molecule has 0 bridgehead atoms. The fourth-order valence-corrected chi connectivity index (χ4v) is 4.44. The molecule has 8 heteroatoms. The van der Waals surface area contributed by atoms with E-state index in [0.717, 1.165) is 22.0 Å². The Hall–Kier alpha value is -2.49. The fourth-order valence-electron chi connectivity index (χ4n) is 4.44. The molecule has 7 nitrogen and oxygen atoms in total. The van der Waals surface area contributed by atoms with Crippen molar-refractivity contribution in [2.75, 3.05) is 6.61 Å². The third kappa shape index (κ3) is 4.49. The van der Waals surface area contributed by atoms with Gasteiger partial charge in [-0.3, -0.25) is 0 Å². The van der Waals surface area contributed by atoms with Gasteiger partial charge in [0.05, 0.1) is 18.2 Å². The van der Waals surface area contributed by atoms with Crippen LogP contribution >= 0.6 is 0 Å². The maximum Gasteiger partial charge on any atom is 0.163 e. The van der Waals surface area contributed by atoms with Gasteiger partial charge in [-0.05, 0) is 43.5 Å². The third-order valence-electron chi connectivity index (χ3n) is 6.06. The van der Waals surface area contributed by atoms with Crippen molar-refractivity contribution in [1.82, 2.24) is 4.57 Å². The predicted octanol–water partition coefficient (Wildman–Crippen LogP) is 2.44. The molecule has 2 heterocycles. The summed E-state index contributed by atoms with van der Waals surface area (Å²) in [7, 11) is 0. The standard InChI is InChI=1S/C25H30FNO6/c1-13(2)32-17-8-7-15(19(26)10-17)9-16-11-27(21-14(3)5-4-6-18(16)21)25-24(31)23(30)22(29)20(12-28)33-25/h4-8,10-11,13,20,22-25,28-31H,9,12H2,1-3H3/t20-,22-,23+,24-,25-/m1/s1. The van der Waals surface area contributed by atoms with Crippen LogP contribution in [0, 0.1) is 12.7 Å². The molecule has 178 valence electrons. The maximum atomic E-state index is 14.8. The summed E-state index contributed by atoms with van der Waals surface area (Å²) in [6, 6.07) is 10.5. The third-order valence-corrected chi connectivity index (χ3v) is 6.06. The molecule has 0 saturated carbocycles. The summed E-state index contributed by atoms with van der Waals surface area (Å²) in [5.74, 6) is 0.0837. The van der Waals surface area contributed by atoms with Crippen molar-refractivity contribution in [3.63, 3.8) is 0 Å². The van der Waals surface area contributed by atoms with Crippen molar-refractivity contribution in [2.24, 2.45) is 0 Å². The highest BCUT2D eigenvalue weighted by molar-refractivity contribution is 5.87. The molecule has 1 aliphatic heterocycles. The van der Waals surface area contributed by atoms with Crippen molar-refractivity contribution in [3.05, 3.63) is 65.1 Å². The van der Waals surface area contributed by atoms with E-state index in [1.54, 1.807) is 22.9 Å². The van der Waals surface area contributed by atoms with E-state index in [1.165, 1.54) is 6.07 Å². The highest BCUT2D eigenvalue weighted by Crippen LogP contribution is 2.35. The van der Waals surface area contributed by atoms with E-state index < -0.39 is 37.3 Å². The minimum Gasteiger partial charge on any atom is -0.491 e. The summed E-state index contributed by atoms with van der Waals surface area (Å²) in [4.78, 5) is 0. The number of ether oxygens (including phenoxy) is 2. The van der Waals surface area contributed by atoms with Crippen molar-refractivity contribution in [3.8, 4) is 5.75 Å². The van der Waals surface area contributed by atoms with Crippen LogP contribution in [0.15, 0.2) is 42.6 Å². The average molecular weight is 460 g/mol. The number of hydrogen-bond donors (Lipinski definition) is 4. The summed E-state index contributed by atoms with van der Waals surface area (Å²) in [6.07, 6.45) is -4.42. The Bertz CT molecular complexity index is 1130. The van der Waals surface area contributed by atoms with E-state index >= 15 is 0 Å². The number of halogens is 1. The lowest BCUT2D eigenvalue weighted by Crippen LogP contribution is -2.56. The molecular weight excluding hydrogens is 429 g/mol. The number of aliphatic hydroxyl groups is 4. The van der Waals surface area contributed by atoms with E-state index in [4.69, 9.17) is 9.47 Å². The molecule has 1 saturated heterocycles. The Balaban J connectivity index is 1.74. The Kier molecular flexibility index (Phi) is 6.74. The lowest BCUT2D eigenvalue weighted by molar-refractivity contribution is -0.250. The fraction of sp³-hybridized carbons (Fsp3) is 0.440. The molecule has 0 spiro atoms. The van der Waals surface area contributed by atoms with Crippen molar-refractivity contribution < 1.29 is 34.3 Å². The first-order valence-corrected chi connectivity index (χ1v) is 11.1. The smallest absolute Gasteiger partial charge is 0.163 e. The largest absolute Gasteiger partial charge is 0.491 e. The number of nitrogens with zero attached hydrogens (tertiary/aromatic N) is 1. The molecule has 1 fully saturated rings. The van der Waals surface area contributed by atoms with Gasteiger partial charge in [-0.25, -0.2) is 4.39 Å². The molecule has 1 aliphatic rings. The highest BCUT2D eigenvalue weighted by Gasteiger charge is 2.44. The average Bonchev–Trinajstić information content (AvgIpc) is 3.13. The Morgan fingerprint density at radius 2 is 1.82 bits per heavy atom. The van der Waals surface area contributed by atoms with E-state index in [0.29, 0.717) is 11.3 Å². The summed E-state index contributed by atoms with van der Waals surface area (Å²) in [5.41, 5.74) is 2.96. The van der Waals surface area contributed by atoms with E-state index in [9.17, 15) is 24.8 Å². The Labute approximate surface area is 191 Å². The van der Waals surface area contributed by atoms with Gasteiger partial charge in [0.25, 0.3) is 0 Å². The second kappa shape index (κ2) is 9.40. The first kappa shape index (κ1) is 23.7. The maximum absolute atomic E-state index is 14.8. The zero-order valence-electron chi connectivity index (χ0n) is 18.9. The number of aryl methyl sites for hydroxylation is 1. The number of aromatic nitrogens is 1. The van der Waals surface area contributed by atoms with Gasteiger partial charge in [0.2, 0.25) is 0 Å². The van der Waals surface area contributed by atoms with Gasteiger partial charge in [0, 0.05) is 24.1 Å². The minimum absolute atomic E-state index is 0.0604. The SMILES string of the molecule is Cc1cccc2c(Cc3ccc(OC(C)C)cc3F)cn([C@@H]3O[C@H](CO)[C@@H](O)[C@H](O)[C@H]3O)c12. The molecule has 4 rings (SSSR count). The number of rotatable bonds is 6. The molecule has 2 aromatic carbocycles. The van der Waals surface area contributed by atoms with E-state index in [1.807, 2.05) is 39.0 Å². The predicted molar refractivity (Wildman–Crippen MR) is 121 cm³/mol. The molecule has 3 aromatic rings. The molecule has 0 amide bonds. The van der Waals surface area contributed by atoms with Gasteiger partial charge in [-0.15, -0.1) is 0 Å². The Morgan fingerprint density at radius 1 is 1.06 bits per heavy atom. The van der Waals surface area contributed by atoms with Crippen LogP contribution in [-0.4, -0.2) is 62.1 Å². The second-order valence-corrected chi connectivity index (χ2v) is 8.85. The van der Waals surface area contributed by atoms with Gasteiger partial charge in [-0.1, -0.05) is 24.3 Å². The monoisotopic (exact) mass is 459 g/mol. The van der Waals surface area contributed by atoms with Gasteiger partial charge >= 0.3 is 0 Å². The number of hydrogen-bond acceptors (Lipinski definition) is 6. The quantitative estimate of drug-likeness (QED) is 0.452. The lowest BCUT2D eigenvalue weighted by atomic mass is 9.98. The Morgan fingerprint density at radius 3 is 2.48 bits per heavy atom. The van der Waals surface area contributed by atoms with Crippen LogP contribution in [0.2, 0.25) is 0 Å². The van der Waals surface area contributed by atoms with Gasteiger partial charge < -0.3 is 34.5 Å². The summed E-state index contributed by atoms with van der Waals surface area (Å²) < 4.78 is 27.9. The normalized spacial score (nSPS) is 25.7. The number of fused-ring (bicyclic) bond motifs is 1.